The summed E-state index contributed by atoms with van der Waals surface area (Å²) in [7, 11) is 4.43. The summed E-state index contributed by atoms with van der Waals surface area (Å²) < 4.78 is 10.2. The monoisotopic (exact) mass is 221 g/mol. The van der Waals surface area contributed by atoms with E-state index in [1.54, 1.807) is 14.2 Å². The van der Waals surface area contributed by atoms with E-state index in [1.807, 2.05) is 0 Å². The third-order valence-corrected chi connectivity index (χ3v) is 3.49. The molecule has 0 bridgehead atoms. The zero-order valence-corrected chi connectivity index (χ0v) is 10.4. The molecule has 0 aromatic rings. The number of unbranched alkanes of at least 4 members (excludes halogenated alkanes) is 2. The SMILES string of the molecule is COC(CCPCCCCCN)OC. The first-order chi connectivity index (χ1) is 6.85. The van der Waals surface area contributed by atoms with Crippen molar-refractivity contribution in [3.05, 3.63) is 0 Å². The van der Waals surface area contributed by atoms with Gasteiger partial charge in [0, 0.05) is 20.6 Å². The smallest absolute Gasteiger partial charge is 0.157 e. The third kappa shape index (κ3) is 8.89. The molecule has 0 aliphatic carbocycles. The maximum Gasteiger partial charge on any atom is 0.157 e. The molecule has 4 heteroatoms. The maximum absolute atomic E-state index is 5.41. The molecule has 14 heavy (non-hydrogen) atoms. The summed E-state index contributed by atoms with van der Waals surface area (Å²) in [6.07, 6.45) is 7.33. The zero-order valence-electron chi connectivity index (χ0n) is 9.42. The molecule has 0 amide bonds. The van der Waals surface area contributed by atoms with Crippen LogP contribution in [0.1, 0.15) is 25.7 Å². The highest BCUT2D eigenvalue weighted by atomic mass is 31.1. The molecule has 0 spiro atoms. The van der Waals surface area contributed by atoms with Gasteiger partial charge in [-0.25, -0.2) is 0 Å². The van der Waals surface area contributed by atoms with Gasteiger partial charge in [0.2, 0.25) is 0 Å². The van der Waals surface area contributed by atoms with Crippen molar-refractivity contribution in [1.29, 1.82) is 0 Å². The van der Waals surface area contributed by atoms with Crippen LogP contribution >= 0.6 is 8.58 Å². The summed E-state index contributed by atoms with van der Waals surface area (Å²) in [6, 6.07) is 0. The number of hydrogen-bond donors (Lipinski definition) is 1. The average Bonchev–Trinajstić information content (AvgIpc) is 2.22. The number of nitrogens with two attached hydrogens (primary N) is 1. The molecule has 0 aliphatic heterocycles. The van der Waals surface area contributed by atoms with Gasteiger partial charge in [0.15, 0.2) is 6.29 Å². The van der Waals surface area contributed by atoms with Crippen molar-refractivity contribution in [3.8, 4) is 0 Å². The van der Waals surface area contributed by atoms with Crippen molar-refractivity contribution >= 4 is 8.58 Å². The highest BCUT2D eigenvalue weighted by Crippen LogP contribution is 2.16. The van der Waals surface area contributed by atoms with E-state index in [1.165, 1.54) is 31.6 Å². The van der Waals surface area contributed by atoms with Crippen molar-refractivity contribution in [2.45, 2.75) is 32.0 Å². The van der Waals surface area contributed by atoms with Crippen LogP contribution in [-0.2, 0) is 9.47 Å². The standard InChI is InChI=1S/C10H24NO2P/c1-12-10(13-2)6-9-14-8-5-3-4-7-11/h10,14H,3-9,11H2,1-2H3. The van der Waals surface area contributed by atoms with E-state index in [-0.39, 0.29) is 6.29 Å². The number of methoxy groups -OCH3 is 2. The lowest BCUT2D eigenvalue weighted by molar-refractivity contribution is -0.102. The van der Waals surface area contributed by atoms with Crippen LogP contribution in [0.3, 0.4) is 0 Å². The Morgan fingerprint density at radius 1 is 1.07 bits per heavy atom. The summed E-state index contributed by atoms with van der Waals surface area (Å²) >= 11 is 0. The van der Waals surface area contributed by atoms with Crippen LogP contribution in [0.2, 0.25) is 0 Å². The third-order valence-electron chi connectivity index (χ3n) is 2.14. The highest BCUT2D eigenvalue weighted by molar-refractivity contribution is 7.37. The molecule has 0 saturated heterocycles. The van der Waals surface area contributed by atoms with Gasteiger partial charge >= 0.3 is 0 Å². The normalized spacial score (nSPS) is 12.0. The zero-order chi connectivity index (χ0) is 10.6. The second-order valence-corrected chi connectivity index (χ2v) is 4.79. The maximum atomic E-state index is 5.41. The molecule has 0 heterocycles. The van der Waals surface area contributed by atoms with Gasteiger partial charge < -0.3 is 15.2 Å². The first-order valence-electron chi connectivity index (χ1n) is 5.31. The molecule has 1 unspecified atom stereocenters. The summed E-state index contributed by atoms with van der Waals surface area (Å²) in [5, 5.41) is 0. The first kappa shape index (κ1) is 14.3. The largest absolute Gasteiger partial charge is 0.356 e. The highest BCUT2D eigenvalue weighted by Gasteiger charge is 2.03. The van der Waals surface area contributed by atoms with Crippen molar-refractivity contribution in [2.24, 2.45) is 5.73 Å². The predicted molar refractivity (Wildman–Crippen MR) is 63.4 cm³/mol. The lowest BCUT2D eigenvalue weighted by Crippen LogP contribution is -2.13. The second kappa shape index (κ2) is 11.4. The summed E-state index contributed by atoms with van der Waals surface area (Å²) in [4.78, 5) is 0. The fourth-order valence-corrected chi connectivity index (χ4v) is 2.44. The van der Waals surface area contributed by atoms with Crippen molar-refractivity contribution < 1.29 is 9.47 Å². The first-order valence-corrected chi connectivity index (χ1v) is 6.73. The van der Waals surface area contributed by atoms with Crippen molar-refractivity contribution in [2.75, 3.05) is 33.1 Å². The van der Waals surface area contributed by atoms with Gasteiger partial charge in [0.1, 0.15) is 0 Å². The number of hydrogen-bond acceptors (Lipinski definition) is 3. The molecule has 3 nitrogen and oxygen atoms in total. The van der Waals surface area contributed by atoms with E-state index in [2.05, 4.69) is 0 Å². The molecule has 1 atom stereocenters. The molecule has 0 aromatic carbocycles. The van der Waals surface area contributed by atoms with Gasteiger partial charge in [0.05, 0.1) is 0 Å². The summed E-state index contributed by atoms with van der Waals surface area (Å²) in [5.41, 5.74) is 5.41. The van der Waals surface area contributed by atoms with Crippen LogP contribution in [0.15, 0.2) is 0 Å². The Hall–Kier alpha value is 0.310. The van der Waals surface area contributed by atoms with E-state index in [0.717, 1.165) is 21.5 Å². The van der Waals surface area contributed by atoms with Crippen molar-refractivity contribution in [3.63, 3.8) is 0 Å². The number of rotatable bonds is 10. The second-order valence-electron chi connectivity index (χ2n) is 3.29. The molecule has 0 fully saturated rings. The van der Waals surface area contributed by atoms with Gasteiger partial charge in [-0.1, -0.05) is 6.42 Å². The molecule has 2 N–H and O–H groups in total. The molecule has 0 radical (unpaired) electrons. The summed E-state index contributed by atoms with van der Waals surface area (Å²) in [6.45, 7) is 0.832. The Morgan fingerprint density at radius 2 is 1.79 bits per heavy atom. The average molecular weight is 221 g/mol. The minimum Gasteiger partial charge on any atom is -0.356 e. The molecule has 0 aliphatic rings. The molecular formula is C10H24NO2P. The fourth-order valence-electron chi connectivity index (χ4n) is 1.25. The van der Waals surface area contributed by atoms with Crippen LogP contribution in [0, 0.1) is 0 Å². The van der Waals surface area contributed by atoms with E-state index < -0.39 is 0 Å². The van der Waals surface area contributed by atoms with Crippen LogP contribution < -0.4 is 5.73 Å². The fraction of sp³-hybridized carbons (Fsp3) is 1.00. The minimum atomic E-state index is -0.00783. The van der Waals surface area contributed by atoms with Gasteiger partial charge in [-0.2, -0.15) is 0 Å². The Labute approximate surface area is 89.5 Å². The van der Waals surface area contributed by atoms with E-state index in [4.69, 9.17) is 15.2 Å². The van der Waals surface area contributed by atoms with Crippen LogP contribution in [0.5, 0.6) is 0 Å². The van der Waals surface area contributed by atoms with Gasteiger partial charge in [-0.05, 0) is 31.7 Å². The minimum absolute atomic E-state index is 0.00783. The Bertz CT molecular complexity index is 110. The molecular weight excluding hydrogens is 197 g/mol. The van der Waals surface area contributed by atoms with E-state index >= 15 is 0 Å². The van der Waals surface area contributed by atoms with Gasteiger partial charge in [-0.3, -0.25) is 0 Å². The molecule has 0 saturated carbocycles. The summed E-state index contributed by atoms with van der Waals surface area (Å²) in [5.74, 6) is 0. The van der Waals surface area contributed by atoms with E-state index in [9.17, 15) is 0 Å². The van der Waals surface area contributed by atoms with E-state index in [0.29, 0.717) is 0 Å². The predicted octanol–water partition coefficient (Wildman–Crippen LogP) is 1.80. The van der Waals surface area contributed by atoms with Crippen LogP contribution in [0.4, 0.5) is 0 Å². The Morgan fingerprint density at radius 3 is 2.36 bits per heavy atom. The molecule has 86 valence electrons. The van der Waals surface area contributed by atoms with Crippen LogP contribution in [-0.4, -0.2) is 39.4 Å². The lowest BCUT2D eigenvalue weighted by Gasteiger charge is -2.12. The number of ether oxygens (including phenoxy) is 2. The Balaban J connectivity index is 3.04. The lowest BCUT2D eigenvalue weighted by atomic mass is 10.2. The molecule has 0 aromatic heterocycles. The van der Waals surface area contributed by atoms with Crippen molar-refractivity contribution in [1.82, 2.24) is 0 Å². The van der Waals surface area contributed by atoms with Gasteiger partial charge in [0.25, 0.3) is 0 Å². The Kier molecular flexibility index (Phi) is 11.6. The quantitative estimate of drug-likeness (QED) is 0.347. The topological polar surface area (TPSA) is 44.5 Å². The molecule has 0 rings (SSSR count). The van der Waals surface area contributed by atoms with Gasteiger partial charge in [-0.15, -0.1) is 8.58 Å². The van der Waals surface area contributed by atoms with Crippen LogP contribution in [0.25, 0.3) is 0 Å².